The van der Waals surface area contributed by atoms with Crippen molar-refractivity contribution in [1.29, 1.82) is 0 Å². The molecule has 1 N–H and O–H groups in total. The van der Waals surface area contributed by atoms with Crippen LogP contribution >= 0.6 is 0 Å². The van der Waals surface area contributed by atoms with Crippen LogP contribution in [0.5, 0.6) is 5.75 Å². The number of hydrogen-bond acceptors (Lipinski definition) is 6. The first kappa shape index (κ1) is 16.3. The van der Waals surface area contributed by atoms with E-state index in [4.69, 9.17) is 4.74 Å². The SMILES string of the molecule is COC(=O)C1CS(=O)(=O)C(Cc2ccc(OC)cc2)C(=O)N1. The summed E-state index contributed by atoms with van der Waals surface area (Å²) in [5, 5.41) is 1.19. The maximum atomic E-state index is 12.3. The van der Waals surface area contributed by atoms with Gasteiger partial charge in [0.25, 0.3) is 0 Å². The number of methoxy groups -OCH3 is 2. The fraction of sp³-hybridized carbons (Fsp3) is 0.429. The lowest BCUT2D eigenvalue weighted by Crippen LogP contribution is -2.58. The molecule has 0 spiro atoms. The number of hydrogen-bond donors (Lipinski definition) is 1. The normalized spacial score (nSPS) is 23.5. The Morgan fingerprint density at radius 1 is 1.27 bits per heavy atom. The van der Waals surface area contributed by atoms with E-state index in [1.54, 1.807) is 24.3 Å². The second-order valence-electron chi connectivity index (χ2n) is 4.95. The highest BCUT2D eigenvalue weighted by molar-refractivity contribution is 7.93. The van der Waals surface area contributed by atoms with Gasteiger partial charge < -0.3 is 14.8 Å². The zero-order valence-corrected chi connectivity index (χ0v) is 13.1. The van der Waals surface area contributed by atoms with Gasteiger partial charge in [-0.3, -0.25) is 4.79 Å². The van der Waals surface area contributed by atoms with E-state index < -0.39 is 38.8 Å². The Morgan fingerprint density at radius 2 is 1.91 bits per heavy atom. The van der Waals surface area contributed by atoms with Crippen LogP contribution in [-0.2, 0) is 30.6 Å². The Balaban J connectivity index is 2.17. The summed E-state index contributed by atoms with van der Waals surface area (Å²) in [4.78, 5) is 23.5. The molecule has 0 saturated carbocycles. The molecule has 0 aliphatic carbocycles. The van der Waals surface area contributed by atoms with Gasteiger partial charge in [0.2, 0.25) is 5.91 Å². The molecule has 1 amide bonds. The Hall–Kier alpha value is -2.09. The largest absolute Gasteiger partial charge is 0.497 e. The third kappa shape index (κ3) is 3.38. The third-order valence-electron chi connectivity index (χ3n) is 3.51. The van der Waals surface area contributed by atoms with E-state index in [0.717, 1.165) is 7.11 Å². The molecule has 0 radical (unpaired) electrons. The molecule has 1 heterocycles. The summed E-state index contributed by atoms with van der Waals surface area (Å²) in [6.45, 7) is 0. The van der Waals surface area contributed by atoms with E-state index in [1.165, 1.54) is 7.11 Å². The van der Waals surface area contributed by atoms with Crippen molar-refractivity contribution < 1.29 is 27.5 Å². The highest BCUT2D eigenvalue weighted by atomic mass is 32.2. The molecule has 0 bridgehead atoms. The number of benzene rings is 1. The number of carbonyl (C=O) groups excluding carboxylic acids is 2. The van der Waals surface area contributed by atoms with Gasteiger partial charge in [0, 0.05) is 0 Å². The third-order valence-corrected chi connectivity index (χ3v) is 5.55. The van der Waals surface area contributed by atoms with Gasteiger partial charge in [0.05, 0.1) is 20.0 Å². The van der Waals surface area contributed by atoms with E-state index in [-0.39, 0.29) is 6.42 Å². The molecule has 2 atom stereocenters. The minimum atomic E-state index is -3.74. The quantitative estimate of drug-likeness (QED) is 0.762. The van der Waals surface area contributed by atoms with Crippen LogP contribution in [0.3, 0.4) is 0 Å². The summed E-state index contributed by atoms with van der Waals surface area (Å²) < 4.78 is 34.0. The number of rotatable bonds is 4. The zero-order valence-electron chi connectivity index (χ0n) is 12.2. The summed E-state index contributed by atoms with van der Waals surface area (Å²) in [5.41, 5.74) is 0.695. The maximum Gasteiger partial charge on any atom is 0.329 e. The molecule has 2 rings (SSSR count). The zero-order chi connectivity index (χ0) is 16.3. The predicted octanol–water partition coefficient (Wildman–Crippen LogP) is -0.308. The molecule has 0 aromatic heterocycles. The second kappa shape index (κ2) is 6.35. The first-order valence-corrected chi connectivity index (χ1v) is 8.31. The van der Waals surface area contributed by atoms with Crippen molar-refractivity contribution in [3.8, 4) is 5.75 Å². The molecule has 1 aromatic carbocycles. The van der Waals surface area contributed by atoms with Crippen molar-refractivity contribution in [2.45, 2.75) is 17.7 Å². The van der Waals surface area contributed by atoms with Gasteiger partial charge in [-0.1, -0.05) is 12.1 Å². The summed E-state index contributed by atoms with van der Waals surface area (Å²) in [5.74, 6) is -1.26. The van der Waals surface area contributed by atoms with E-state index in [0.29, 0.717) is 11.3 Å². The van der Waals surface area contributed by atoms with Gasteiger partial charge in [0.1, 0.15) is 17.0 Å². The van der Waals surface area contributed by atoms with Crippen LogP contribution in [0.4, 0.5) is 0 Å². The molecular weight excluding hydrogens is 310 g/mol. The minimum absolute atomic E-state index is 0.0477. The first-order valence-electron chi connectivity index (χ1n) is 6.60. The van der Waals surface area contributed by atoms with Crippen molar-refractivity contribution in [3.63, 3.8) is 0 Å². The minimum Gasteiger partial charge on any atom is -0.497 e. The smallest absolute Gasteiger partial charge is 0.329 e. The highest BCUT2D eigenvalue weighted by Crippen LogP contribution is 2.19. The molecule has 1 aliphatic heterocycles. The van der Waals surface area contributed by atoms with Crippen molar-refractivity contribution in [2.75, 3.05) is 20.0 Å². The maximum absolute atomic E-state index is 12.3. The molecule has 1 saturated heterocycles. The molecule has 7 nitrogen and oxygen atoms in total. The van der Waals surface area contributed by atoms with Gasteiger partial charge >= 0.3 is 5.97 Å². The van der Waals surface area contributed by atoms with Crippen LogP contribution in [0.2, 0.25) is 0 Å². The average Bonchev–Trinajstić information content (AvgIpc) is 2.50. The number of nitrogens with one attached hydrogen (secondary N) is 1. The number of sulfone groups is 1. The molecule has 2 unspecified atom stereocenters. The van der Waals surface area contributed by atoms with Gasteiger partial charge in [0.15, 0.2) is 9.84 Å². The van der Waals surface area contributed by atoms with Crippen molar-refractivity contribution in [2.24, 2.45) is 0 Å². The Morgan fingerprint density at radius 3 is 2.41 bits per heavy atom. The first-order chi connectivity index (χ1) is 10.4. The number of ether oxygens (including phenoxy) is 2. The lowest BCUT2D eigenvalue weighted by molar-refractivity contribution is -0.144. The molecule has 22 heavy (non-hydrogen) atoms. The fourth-order valence-electron chi connectivity index (χ4n) is 2.28. The molecule has 1 aliphatic rings. The van der Waals surface area contributed by atoms with Crippen molar-refractivity contribution in [1.82, 2.24) is 5.32 Å². The summed E-state index contributed by atoms with van der Waals surface area (Å²) in [7, 11) is -1.06. The van der Waals surface area contributed by atoms with Crippen LogP contribution in [0.25, 0.3) is 0 Å². The number of esters is 1. The van der Waals surface area contributed by atoms with E-state index in [9.17, 15) is 18.0 Å². The van der Waals surface area contributed by atoms with E-state index >= 15 is 0 Å². The number of amides is 1. The second-order valence-corrected chi connectivity index (χ2v) is 7.18. The standard InChI is InChI=1S/C14H17NO6S/c1-20-10-5-3-9(4-6-10)7-12-13(16)15-11(14(17)21-2)8-22(12,18)19/h3-6,11-12H,7-8H2,1-2H3,(H,15,16). The van der Waals surface area contributed by atoms with E-state index in [1.807, 2.05) is 0 Å². The lowest BCUT2D eigenvalue weighted by Gasteiger charge is -2.27. The van der Waals surface area contributed by atoms with Gasteiger partial charge in [-0.15, -0.1) is 0 Å². The summed E-state index contributed by atoms with van der Waals surface area (Å²) in [6.07, 6.45) is 0.0477. The van der Waals surface area contributed by atoms with Gasteiger partial charge in [-0.05, 0) is 24.1 Å². The van der Waals surface area contributed by atoms with E-state index in [2.05, 4.69) is 10.1 Å². The molecule has 8 heteroatoms. The topological polar surface area (TPSA) is 98.8 Å². The number of carbonyl (C=O) groups is 2. The van der Waals surface area contributed by atoms with Crippen molar-refractivity contribution in [3.05, 3.63) is 29.8 Å². The van der Waals surface area contributed by atoms with Crippen molar-refractivity contribution >= 4 is 21.7 Å². The van der Waals surface area contributed by atoms with Crippen LogP contribution in [0, 0.1) is 0 Å². The van der Waals surface area contributed by atoms with Crippen LogP contribution < -0.4 is 10.1 Å². The lowest BCUT2D eigenvalue weighted by atomic mass is 10.1. The van der Waals surface area contributed by atoms with Gasteiger partial charge in [-0.25, -0.2) is 13.2 Å². The summed E-state index contributed by atoms with van der Waals surface area (Å²) in [6, 6.07) is 5.65. The Bertz CT molecular complexity index is 667. The fourth-order valence-corrected chi connectivity index (χ4v) is 4.04. The van der Waals surface area contributed by atoms with Crippen LogP contribution in [-0.4, -0.2) is 51.6 Å². The summed E-state index contributed by atoms with van der Waals surface area (Å²) >= 11 is 0. The van der Waals surface area contributed by atoms with Crippen LogP contribution in [0.15, 0.2) is 24.3 Å². The average molecular weight is 327 g/mol. The highest BCUT2D eigenvalue weighted by Gasteiger charge is 2.43. The molecule has 1 fully saturated rings. The Labute approximate surface area is 128 Å². The van der Waals surface area contributed by atoms with Gasteiger partial charge in [-0.2, -0.15) is 0 Å². The predicted molar refractivity (Wildman–Crippen MR) is 78.2 cm³/mol. The Kier molecular flexibility index (Phi) is 4.70. The molecular formula is C14H17NO6S. The molecule has 1 aromatic rings. The molecule has 120 valence electrons. The monoisotopic (exact) mass is 327 g/mol. The van der Waals surface area contributed by atoms with Crippen LogP contribution in [0.1, 0.15) is 5.56 Å².